The molecule has 0 aliphatic carbocycles. The number of ether oxygens (including phenoxy) is 1. The smallest absolute Gasteiger partial charge is 0.224 e. The molecule has 1 aromatic heterocycles. The summed E-state index contributed by atoms with van der Waals surface area (Å²) in [5, 5.41) is 7.05. The van der Waals surface area contributed by atoms with Gasteiger partial charge in [-0.25, -0.2) is 0 Å². The average Bonchev–Trinajstić information content (AvgIpc) is 3.08. The number of anilines is 1. The summed E-state index contributed by atoms with van der Waals surface area (Å²) in [4.78, 5) is 24.0. The molecule has 6 heteroatoms. The van der Waals surface area contributed by atoms with Crippen LogP contribution in [0, 0.1) is 0 Å². The molecule has 0 bridgehead atoms. The van der Waals surface area contributed by atoms with Crippen molar-refractivity contribution in [2.45, 2.75) is 44.8 Å². The number of Topliss-reactive ketones (excluding diaryl/α,β-unsaturated/α-hetero) is 1. The lowest BCUT2D eigenvalue weighted by Gasteiger charge is -2.22. The highest BCUT2D eigenvalue weighted by Gasteiger charge is 2.15. The number of ketones is 1. The van der Waals surface area contributed by atoms with Crippen molar-refractivity contribution in [3.05, 3.63) is 48.3 Å². The van der Waals surface area contributed by atoms with Gasteiger partial charge in [-0.2, -0.15) is 5.10 Å². The lowest BCUT2D eigenvalue weighted by Crippen LogP contribution is -2.24. The molecule has 132 valence electrons. The number of hydrogen-bond acceptors (Lipinski definition) is 4. The van der Waals surface area contributed by atoms with Gasteiger partial charge < -0.3 is 10.1 Å². The van der Waals surface area contributed by atoms with Crippen LogP contribution in [-0.2, 0) is 16.1 Å². The maximum absolute atomic E-state index is 12.0. The quantitative estimate of drug-likeness (QED) is 0.786. The van der Waals surface area contributed by atoms with E-state index in [0.29, 0.717) is 17.8 Å². The molecule has 0 spiro atoms. The van der Waals surface area contributed by atoms with E-state index in [2.05, 4.69) is 10.4 Å². The van der Waals surface area contributed by atoms with Crippen LogP contribution in [0.2, 0.25) is 0 Å². The van der Waals surface area contributed by atoms with E-state index in [1.165, 1.54) is 6.42 Å². The first-order valence-corrected chi connectivity index (χ1v) is 8.73. The largest absolute Gasteiger partial charge is 0.376 e. The number of benzene rings is 1. The van der Waals surface area contributed by atoms with Crippen LogP contribution in [0.25, 0.3) is 0 Å². The van der Waals surface area contributed by atoms with Gasteiger partial charge in [0.1, 0.15) is 0 Å². The number of nitrogens with one attached hydrogen (secondary N) is 1. The monoisotopic (exact) mass is 341 g/mol. The van der Waals surface area contributed by atoms with Crippen molar-refractivity contribution in [2.75, 3.05) is 11.9 Å². The number of aromatic nitrogens is 2. The Labute approximate surface area is 147 Å². The predicted octanol–water partition coefficient (Wildman–Crippen LogP) is 3.05. The Morgan fingerprint density at radius 1 is 1.20 bits per heavy atom. The molecule has 2 heterocycles. The predicted molar refractivity (Wildman–Crippen MR) is 94.5 cm³/mol. The van der Waals surface area contributed by atoms with E-state index in [4.69, 9.17) is 4.74 Å². The van der Waals surface area contributed by atoms with Crippen LogP contribution in [0.5, 0.6) is 0 Å². The van der Waals surface area contributed by atoms with Crippen LogP contribution in [0.3, 0.4) is 0 Å². The van der Waals surface area contributed by atoms with Gasteiger partial charge >= 0.3 is 0 Å². The van der Waals surface area contributed by atoms with Gasteiger partial charge in [0.15, 0.2) is 5.78 Å². The topological polar surface area (TPSA) is 73.2 Å². The molecule has 1 aromatic carbocycles. The van der Waals surface area contributed by atoms with Crippen LogP contribution in [0.4, 0.5) is 5.69 Å². The van der Waals surface area contributed by atoms with Crippen LogP contribution in [-0.4, -0.2) is 34.2 Å². The third kappa shape index (κ3) is 5.26. The number of rotatable bonds is 7. The molecule has 1 amide bonds. The van der Waals surface area contributed by atoms with Gasteiger partial charge in [0.2, 0.25) is 5.91 Å². The molecule has 1 aliphatic heterocycles. The minimum Gasteiger partial charge on any atom is -0.376 e. The van der Waals surface area contributed by atoms with E-state index >= 15 is 0 Å². The normalized spacial score (nSPS) is 17.2. The third-order valence-electron chi connectivity index (χ3n) is 4.26. The molecule has 1 aliphatic rings. The first kappa shape index (κ1) is 17.4. The Morgan fingerprint density at radius 2 is 2.04 bits per heavy atom. The fourth-order valence-corrected chi connectivity index (χ4v) is 2.91. The van der Waals surface area contributed by atoms with Crippen LogP contribution in [0.1, 0.15) is 42.5 Å². The van der Waals surface area contributed by atoms with Crippen molar-refractivity contribution >= 4 is 17.4 Å². The molecule has 0 unspecified atom stereocenters. The van der Waals surface area contributed by atoms with Crippen molar-refractivity contribution in [2.24, 2.45) is 0 Å². The van der Waals surface area contributed by atoms with Gasteiger partial charge in [-0.05, 0) is 19.3 Å². The average molecular weight is 341 g/mol. The maximum Gasteiger partial charge on any atom is 0.224 e. The fourth-order valence-electron chi connectivity index (χ4n) is 2.91. The number of amides is 1. The Kier molecular flexibility index (Phi) is 5.95. The SMILES string of the molecule is O=C(CCC(=O)c1ccccc1)Nc1cnn(C[C@@H]2CCCCO2)c1. The summed E-state index contributed by atoms with van der Waals surface area (Å²) in [5.41, 5.74) is 1.28. The van der Waals surface area contributed by atoms with Crippen LogP contribution < -0.4 is 5.32 Å². The molecular formula is C19H23N3O3. The molecular weight excluding hydrogens is 318 g/mol. The highest BCUT2D eigenvalue weighted by Crippen LogP contribution is 2.15. The van der Waals surface area contributed by atoms with E-state index in [1.807, 2.05) is 18.2 Å². The summed E-state index contributed by atoms with van der Waals surface area (Å²) in [6.45, 7) is 1.51. The van der Waals surface area contributed by atoms with Crippen molar-refractivity contribution in [3.63, 3.8) is 0 Å². The van der Waals surface area contributed by atoms with Crippen molar-refractivity contribution in [1.29, 1.82) is 0 Å². The van der Waals surface area contributed by atoms with Crippen LogP contribution in [0.15, 0.2) is 42.7 Å². The maximum atomic E-state index is 12.0. The lowest BCUT2D eigenvalue weighted by molar-refractivity contribution is -0.116. The van der Waals surface area contributed by atoms with Crippen molar-refractivity contribution in [1.82, 2.24) is 9.78 Å². The number of hydrogen-bond donors (Lipinski definition) is 1. The summed E-state index contributed by atoms with van der Waals surface area (Å²) < 4.78 is 7.49. The minimum absolute atomic E-state index is 0.0270. The number of carbonyl (C=O) groups is 2. The molecule has 3 rings (SSSR count). The lowest BCUT2D eigenvalue weighted by atomic mass is 10.1. The van der Waals surface area contributed by atoms with E-state index in [1.54, 1.807) is 29.2 Å². The second kappa shape index (κ2) is 8.58. The van der Waals surface area contributed by atoms with E-state index in [9.17, 15) is 9.59 Å². The molecule has 0 saturated carbocycles. The molecule has 1 saturated heterocycles. The number of carbonyl (C=O) groups excluding carboxylic acids is 2. The summed E-state index contributed by atoms with van der Waals surface area (Å²) in [5.74, 6) is -0.210. The van der Waals surface area contributed by atoms with Gasteiger partial charge in [0.05, 0.1) is 24.5 Å². The molecule has 6 nitrogen and oxygen atoms in total. The Morgan fingerprint density at radius 3 is 2.80 bits per heavy atom. The summed E-state index contributed by atoms with van der Waals surface area (Å²) in [6.07, 6.45) is 7.33. The zero-order chi connectivity index (χ0) is 17.5. The fraction of sp³-hybridized carbons (Fsp3) is 0.421. The molecule has 1 atom stereocenters. The summed E-state index contributed by atoms with van der Waals surface area (Å²) in [6, 6.07) is 9.02. The Bertz CT molecular complexity index is 706. The van der Waals surface area contributed by atoms with Gasteiger partial charge in [-0.3, -0.25) is 14.3 Å². The first-order chi connectivity index (χ1) is 12.2. The summed E-state index contributed by atoms with van der Waals surface area (Å²) >= 11 is 0. The standard InChI is InChI=1S/C19H23N3O3/c23-18(15-6-2-1-3-7-15)9-10-19(24)21-16-12-20-22(13-16)14-17-8-4-5-11-25-17/h1-3,6-7,12-13,17H,4-5,8-11,14H2,(H,21,24)/t17-/m0/s1. The molecule has 1 N–H and O–H groups in total. The van der Waals surface area contributed by atoms with Gasteiger partial charge in [-0.15, -0.1) is 0 Å². The molecule has 25 heavy (non-hydrogen) atoms. The van der Waals surface area contributed by atoms with Gasteiger partial charge in [0, 0.05) is 31.2 Å². The van der Waals surface area contributed by atoms with Gasteiger partial charge in [-0.1, -0.05) is 30.3 Å². The number of nitrogens with zero attached hydrogens (tertiary/aromatic N) is 2. The second-order valence-electron chi connectivity index (χ2n) is 6.28. The molecule has 1 fully saturated rings. The van der Waals surface area contributed by atoms with E-state index < -0.39 is 0 Å². The molecule has 0 radical (unpaired) electrons. The zero-order valence-electron chi connectivity index (χ0n) is 14.2. The Balaban J connectivity index is 1.44. The van der Waals surface area contributed by atoms with Crippen molar-refractivity contribution in [3.8, 4) is 0 Å². The van der Waals surface area contributed by atoms with E-state index in [-0.39, 0.29) is 30.6 Å². The second-order valence-corrected chi connectivity index (χ2v) is 6.28. The minimum atomic E-state index is -0.183. The third-order valence-corrected chi connectivity index (χ3v) is 4.26. The van der Waals surface area contributed by atoms with Crippen LogP contribution >= 0.6 is 0 Å². The first-order valence-electron chi connectivity index (χ1n) is 8.73. The highest BCUT2D eigenvalue weighted by atomic mass is 16.5. The van der Waals surface area contributed by atoms with E-state index in [0.717, 1.165) is 19.4 Å². The Hall–Kier alpha value is -2.47. The van der Waals surface area contributed by atoms with Gasteiger partial charge in [0.25, 0.3) is 0 Å². The van der Waals surface area contributed by atoms with Crippen molar-refractivity contribution < 1.29 is 14.3 Å². The zero-order valence-corrected chi connectivity index (χ0v) is 14.2. The summed E-state index contributed by atoms with van der Waals surface area (Å²) in [7, 11) is 0. The molecule has 2 aromatic rings. The highest BCUT2D eigenvalue weighted by molar-refractivity contribution is 5.99.